The van der Waals surface area contributed by atoms with Crippen molar-refractivity contribution in [3.05, 3.63) is 28.2 Å². The Labute approximate surface area is 101 Å². The highest BCUT2D eigenvalue weighted by molar-refractivity contribution is 9.10. The van der Waals surface area contributed by atoms with E-state index < -0.39 is 5.97 Å². The first-order chi connectivity index (χ1) is 7.15. The molecule has 0 aliphatic rings. The predicted octanol–water partition coefficient (Wildman–Crippen LogP) is 2.92. The second-order valence-electron chi connectivity index (χ2n) is 2.91. The molecule has 82 valence electrons. The van der Waals surface area contributed by atoms with E-state index in [1.807, 2.05) is 6.26 Å². The fraction of sp³-hybridized carbons (Fsp3) is 0.300. The minimum atomic E-state index is -0.908. The molecule has 0 saturated heterocycles. The van der Waals surface area contributed by atoms with Crippen LogP contribution in [0.1, 0.15) is 10.4 Å². The van der Waals surface area contributed by atoms with Crippen LogP contribution < -0.4 is 5.32 Å². The van der Waals surface area contributed by atoms with Crippen LogP contribution in [-0.2, 0) is 0 Å². The summed E-state index contributed by atoms with van der Waals surface area (Å²) in [6.07, 6.45) is 2.01. The average Bonchev–Trinajstić information content (AvgIpc) is 2.18. The van der Waals surface area contributed by atoms with Gasteiger partial charge in [0, 0.05) is 22.5 Å². The number of anilines is 1. The first kappa shape index (κ1) is 12.4. The van der Waals surface area contributed by atoms with Crippen molar-refractivity contribution >= 4 is 39.3 Å². The van der Waals surface area contributed by atoms with Crippen LogP contribution in [0.3, 0.4) is 0 Å². The zero-order valence-corrected chi connectivity index (χ0v) is 10.7. The van der Waals surface area contributed by atoms with Gasteiger partial charge in [0.1, 0.15) is 0 Å². The minimum absolute atomic E-state index is 0.305. The van der Waals surface area contributed by atoms with E-state index in [0.29, 0.717) is 11.3 Å². The van der Waals surface area contributed by atoms with Crippen molar-refractivity contribution in [2.24, 2.45) is 0 Å². The molecule has 3 nitrogen and oxygen atoms in total. The van der Waals surface area contributed by atoms with Gasteiger partial charge in [0.2, 0.25) is 0 Å². The Morgan fingerprint density at radius 1 is 1.60 bits per heavy atom. The molecule has 1 rings (SSSR count). The first-order valence-electron chi connectivity index (χ1n) is 4.41. The normalized spacial score (nSPS) is 10.0. The number of carbonyl (C=O) groups is 1. The molecule has 0 aromatic heterocycles. The molecule has 0 spiro atoms. The molecule has 5 heteroatoms. The molecule has 0 aliphatic heterocycles. The molecule has 0 heterocycles. The Morgan fingerprint density at radius 3 is 2.93 bits per heavy atom. The van der Waals surface area contributed by atoms with E-state index in [1.54, 1.807) is 30.0 Å². The molecule has 0 amide bonds. The van der Waals surface area contributed by atoms with E-state index in [0.717, 1.165) is 16.8 Å². The Kier molecular flexibility index (Phi) is 4.98. The lowest BCUT2D eigenvalue weighted by Gasteiger charge is -2.09. The fourth-order valence-electron chi connectivity index (χ4n) is 1.14. The lowest BCUT2D eigenvalue weighted by molar-refractivity contribution is 0.0698. The van der Waals surface area contributed by atoms with Crippen LogP contribution in [0.25, 0.3) is 0 Å². The van der Waals surface area contributed by atoms with Crippen LogP contribution in [0.15, 0.2) is 22.7 Å². The maximum absolute atomic E-state index is 10.9. The van der Waals surface area contributed by atoms with E-state index >= 15 is 0 Å². The summed E-state index contributed by atoms with van der Waals surface area (Å²) < 4.78 is 0.874. The van der Waals surface area contributed by atoms with Crippen molar-refractivity contribution in [1.29, 1.82) is 0 Å². The Bertz CT molecular complexity index is 357. The number of rotatable bonds is 5. The third kappa shape index (κ3) is 3.76. The van der Waals surface area contributed by atoms with Gasteiger partial charge >= 0.3 is 5.97 Å². The van der Waals surface area contributed by atoms with Crippen molar-refractivity contribution < 1.29 is 9.90 Å². The summed E-state index contributed by atoms with van der Waals surface area (Å²) >= 11 is 5.03. The molecule has 1 aromatic rings. The molecular formula is C10H12BrNO2S. The molecule has 0 atom stereocenters. The van der Waals surface area contributed by atoms with Gasteiger partial charge in [-0.15, -0.1) is 0 Å². The van der Waals surface area contributed by atoms with Gasteiger partial charge in [0.25, 0.3) is 0 Å². The van der Waals surface area contributed by atoms with Gasteiger partial charge < -0.3 is 10.4 Å². The van der Waals surface area contributed by atoms with Crippen LogP contribution >= 0.6 is 27.7 Å². The molecule has 0 aliphatic carbocycles. The smallest absolute Gasteiger partial charge is 0.337 e. The number of carboxylic acid groups (broad SMARTS) is 1. The van der Waals surface area contributed by atoms with E-state index in [-0.39, 0.29) is 0 Å². The first-order valence-corrected chi connectivity index (χ1v) is 6.59. The van der Waals surface area contributed by atoms with Crippen molar-refractivity contribution in [1.82, 2.24) is 0 Å². The summed E-state index contributed by atoms with van der Waals surface area (Å²) in [7, 11) is 0. The summed E-state index contributed by atoms with van der Waals surface area (Å²) in [6.45, 7) is 0.762. The molecule has 0 saturated carbocycles. The minimum Gasteiger partial charge on any atom is -0.478 e. The summed E-state index contributed by atoms with van der Waals surface area (Å²) in [5, 5.41) is 12.1. The number of halogens is 1. The predicted molar refractivity (Wildman–Crippen MR) is 68.0 cm³/mol. The van der Waals surface area contributed by atoms with Crippen molar-refractivity contribution in [2.45, 2.75) is 0 Å². The summed E-state index contributed by atoms with van der Waals surface area (Å²) in [4.78, 5) is 10.9. The Hall–Kier alpha value is -0.680. The molecule has 0 radical (unpaired) electrons. The number of hydrogen-bond donors (Lipinski definition) is 2. The molecule has 0 fully saturated rings. The van der Waals surface area contributed by atoms with Crippen LogP contribution in [-0.4, -0.2) is 29.6 Å². The summed E-state index contributed by atoms with van der Waals surface area (Å²) in [5.74, 6) is 0.0418. The number of aromatic carboxylic acids is 1. The third-order valence-electron chi connectivity index (χ3n) is 1.83. The monoisotopic (exact) mass is 289 g/mol. The van der Waals surface area contributed by atoms with Gasteiger partial charge in [-0.3, -0.25) is 0 Å². The largest absolute Gasteiger partial charge is 0.478 e. The number of nitrogens with one attached hydrogen (secondary N) is 1. The van der Waals surface area contributed by atoms with Gasteiger partial charge in [-0.25, -0.2) is 4.79 Å². The van der Waals surface area contributed by atoms with Crippen LogP contribution in [0.4, 0.5) is 5.69 Å². The highest BCUT2D eigenvalue weighted by Gasteiger charge is 2.09. The summed E-state index contributed by atoms with van der Waals surface area (Å²) in [5.41, 5.74) is 0.963. The van der Waals surface area contributed by atoms with Crippen LogP contribution in [0.2, 0.25) is 0 Å². The van der Waals surface area contributed by atoms with Crippen LogP contribution in [0, 0.1) is 0 Å². The third-order valence-corrected chi connectivity index (χ3v) is 2.94. The SMILES string of the molecule is CSCCNc1cc(Br)ccc1C(=O)O. The number of benzene rings is 1. The Balaban J connectivity index is 2.82. The van der Waals surface area contributed by atoms with E-state index in [1.165, 1.54) is 0 Å². The highest BCUT2D eigenvalue weighted by Crippen LogP contribution is 2.21. The molecule has 0 unspecified atom stereocenters. The van der Waals surface area contributed by atoms with Gasteiger partial charge in [-0.2, -0.15) is 11.8 Å². The Morgan fingerprint density at radius 2 is 2.33 bits per heavy atom. The van der Waals surface area contributed by atoms with Crippen molar-refractivity contribution in [3.8, 4) is 0 Å². The second kappa shape index (κ2) is 6.02. The maximum Gasteiger partial charge on any atom is 0.337 e. The van der Waals surface area contributed by atoms with Crippen molar-refractivity contribution in [3.63, 3.8) is 0 Å². The topological polar surface area (TPSA) is 49.3 Å². The van der Waals surface area contributed by atoms with Crippen LogP contribution in [0.5, 0.6) is 0 Å². The number of thioether (sulfide) groups is 1. The molecule has 15 heavy (non-hydrogen) atoms. The lowest BCUT2D eigenvalue weighted by Crippen LogP contribution is -2.09. The molecular weight excluding hydrogens is 278 g/mol. The fourth-order valence-corrected chi connectivity index (χ4v) is 1.80. The summed E-state index contributed by atoms with van der Waals surface area (Å²) in [6, 6.07) is 5.10. The standard InChI is InChI=1S/C10H12BrNO2S/c1-15-5-4-12-9-6-7(11)2-3-8(9)10(13)14/h2-3,6,12H,4-5H2,1H3,(H,13,14). The van der Waals surface area contributed by atoms with E-state index in [2.05, 4.69) is 21.2 Å². The van der Waals surface area contributed by atoms with E-state index in [9.17, 15) is 4.79 Å². The molecule has 2 N–H and O–H groups in total. The quantitative estimate of drug-likeness (QED) is 0.819. The van der Waals surface area contributed by atoms with Gasteiger partial charge in [0.15, 0.2) is 0 Å². The zero-order valence-electron chi connectivity index (χ0n) is 8.29. The van der Waals surface area contributed by atoms with E-state index in [4.69, 9.17) is 5.11 Å². The number of hydrogen-bond acceptors (Lipinski definition) is 3. The number of carboxylic acids is 1. The maximum atomic E-state index is 10.9. The molecule has 0 bridgehead atoms. The average molecular weight is 290 g/mol. The lowest BCUT2D eigenvalue weighted by atomic mass is 10.2. The highest BCUT2D eigenvalue weighted by atomic mass is 79.9. The molecule has 1 aromatic carbocycles. The van der Waals surface area contributed by atoms with Gasteiger partial charge in [0.05, 0.1) is 5.56 Å². The zero-order chi connectivity index (χ0) is 11.3. The second-order valence-corrected chi connectivity index (χ2v) is 4.82. The van der Waals surface area contributed by atoms with Gasteiger partial charge in [-0.1, -0.05) is 15.9 Å². The van der Waals surface area contributed by atoms with Gasteiger partial charge in [-0.05, 0) is 24.5 Å². The van der Waals surface area contributed by atoms with Crippen molar-refractivity contribution in [2.75, 3.05) is 23.9 Å².